The molecule has 192 valence electrons. The highest BCUT2D eigenvalue weighted by atomic mass is 32.2. The van der Waals surface area contributed by atoms with Gasteiger partial charge in [0.25, 0.3) is 0 Å². The van der Waals surface area contributed by atoms with Crippen LogP contribution in [0.25, 0.3) is 11.0 Å². The number of ether oxygens (including phenoxy) is 1. The van der Waals surface area contributed by atoms with E-state index in [1.165, 1.54) is 4.31 Å². The molecule has 4 aromatic rings. The van der Waals surface area contributed by atoms with E-state index in [2.05, 4.69) is 35.4 Å². The molecule has 0 radical (unpaired) electrons. The molecular formula is C27H27FN4O4S. The lowest BCUT2D eigenvalue weighted by atomic mass is 9.96. The van der Waals surface area contributed by atoms with Crippen molar-refractivity contribution in [1.29, 1.82) is 0 Å². The van der Waals surface area contributed by atoms with Gasteiger partial charge in [0.2, 0.25) is 0 Å². The first kappa shape index (κ1) is 23.9. The Bertz CT molecular complexity index is 1630. The summed E-state index contributed by atoms with van der Waals surface area (Å²) in [6, 6.07) is 12.9. The van der Waals surface area contributed by atoms with Crippen LogP contribution in [0.1, 0.15) is 46.2 Å². The molecule has 0 spiro atoms. The lowest BCUT2D eigenvalue weighted by Crippen LogP contribution is -2.37. The van der Waals surface area contributed by atoms with E-state index in [1.54, 1.807) is 6.07 Å². The summed E-state index contributed by atoms with van der Waals surface area (Å²) < 4.78 is 54.7. The number of halogens is 1. The Hall–Kier alpha value is -3.50. The molecule has 4 heterocycles. The van der Waals surface area contributed by atoms with Gasteiger partial charge in [0.05, 0.1) is 12.1 Å². The van der Waals surface area contributed by atoms with Gasteiger partial charge in [-0.05, 0) is 73.1 Å². The molecule has 8 nitrogen and oxygen atoms in total. The second-order valence-electron chi connectivity index (χ2n) is 9.72. The van der Waals surface area contributed by atoms with E-state index in [9.17, 15) is 12.8 Å². The lowest BCUT2D eigenvalue weighted by molar-refractivity contribution is 0.283. The Morgan fingerprint density at radius 1 is 0.946 bits per heavy atom. The molecular weight excluding hydrogens is 495 g/mol. The lowest BCUT2D eigenvalue weighted by Gasteiger charge is -2.28. The highest BCUT2D eigenvalue weighted by molar-refractivity contribution is 7.84. The Morgan fingerprint density at radius 3 is 2.65 bits per heavy atom. The Balaban J connectivity index is 1.42. The van der Waals surface area contributed by atoms with Crippen molar-refractivity contribution in [2.45, 2.75) is 52.7 Å². The maximum atomic E-state index is 14.7. The van der Waals surface area contributed by atoms with E-state index in [0.717, 1.165) is 51.3 Å². The van der Waals surface area contributed by atoms with Crippen LogP contribution in [0.5, 0.6) is 11.5 Å². The van der Waals surface area contributed by atoms with Crippen molar-refractivity contribution < 1.29 is 21.7 Å². The highest BCUT2D eigenvalue weighted by Crippen LogP contribution is 2.35. The number of hydrogen-bond acceptors (Lipinski definition) is 6. The maximum absolute atomic E-state index is 14.7. The summed E-state index contributed by atoms with van der Waals surface area (Å²) in [5.74, 6) is -0.562. The molecule has 0 saturated carbocycles. The van der Waals surface area contributed by atoms with Crippen LogP contribution in [-0.2, 0) is 36.4 Å². The van der Waals surface area contributed by atoms with Crippen LogP contribution >= 0.6 is 0 Å². The molecule has 1 aromatic heterocycles. The third-order valence-corrected chi connectivity index (χ3v) is 8.48. The van der Waals surface area contributed by atoms with Crippen molar-refractivity contribution in [3.8, 4) is 11.5 Å². The van der Waals surface area contributed by atoms with E-state index in [1.807, 2.05) is 23.7 Å². The zero-order chi connectivity index (χ0) is 25.7. The van der Waals surface area contributed by atoms with Gasteiger partial charge < -0.3 is 8.92 Å². The van der Waals surface area contributed by atoms with Gasteiger partial charge in [0.15, 0.2) is 17.3 Å². The Labute approximate surface area is 214 Å². The summed E-state index contributed by atoms with van der Waals surface area (Å²) in [5, 5.41) is 8.80. The van der Waals surface area contributed by atoms with Crippen molar-refractivity contribution >= 4 is 21.3 Å². The largest absolute Gasteiger partial charge is 0.491 e. The number of benzene rings is 3. The standard InChI is InChI=1S/C27H27FN4O4S/c1-17-5-6-19-11-20-7-8-24-27(18(20)2)29-30-32(24)9-3-4-10-35-26-13-22-16-31(15-21(17)12-19)37(33,34)36-25(22)14-23(26)28/h5-8,12-14H,3-4,9-11,15-16H2,1-2H3. The minimum Gasteiger partial charge on any atom is -0.491 e. The summed E-state index contributed by atoms with van der Waals surface area (Å²) in [6.45, 7) is 5.22. The van der Waals surface area contributed by atoms with Crippen LogP contribution < -0.4 is 8.92 Å². The molecule has 1 atom stereocenters. The fraction of sp³-hybridized carbons (Fsp3) is 0.333. The van der Waals surface area contributed by atoms with Gasteiger partial charge >= 0.3 is 10.3 Å². The maximum Gasteiger partial charge on any atom is 0.385 e. The number of nitrogens with zero attached hydrogens (tertiary/aromatic N) is 4. The second kappa shape index (κ2) is 9.11. The van der Waals surface area contributed by atoms with Gasteiger partial charge in [-0.25, -0.2) is 9.07 Å². The molecule has 3 aromatic carbocycles. The normalized spacial score (nSPS) is 19.1. The average molecular weight is 523 g/mol. The Kier molecular flexibility index (Phi) is 5.88. The molecule has 37 heavy (non-hydrogen) atoms. The van der Waals surface area contributed by atoms with E-state index in [0.29, 0.717) is 31.6 Å². The van der Waals surface area contributed by atoms with E-state index in [4.69, 9.17) is 8.92 Å². The van der Waals surface area contributed by atoms with Crippen LogP contribution in [-0.4, -0.2) is 34.3 Å². The first-order valence-corrected chi connectivity index (χ1v) is 13.7. The molecule has 0 N–H and O–H groups in total. The number of fused-ring (bicyclic) bond motifs is 5. The van der Waals surface area contributed by atoms with Crippen molar-refractivity contribution in [2.75, 3.05) is 6.61 Å². The van der Waals surface area contributed by atoms with E-state index >= 15 is 0 Å². The molecule has 7 rings (SSSR count). The summed E-state index contributed by atoms with van der Waals surface area (Å²) in [6.07, 6.45) is 2.17. The van der Waals surface area contributed by atoms with Gasteiger partial charge in [-0.2, -0.15) is 12.7 Å². The quantitative estimate of drug-likeness (QED) is 0.336. The molecule has 0 saturated heterocycles. The smallest absolute Gasteiger partial charge is 0.385 e. The van der Waals surface area contributed by atoms with Crippen molar-refractivity contribution in [3.63, 3.8) is 0 Å². The van der Waals surface area contributed by atoms with Gasteiger partial charge in [-0.1, -0.05) is 29.5 Å². The minimum absolute atomic E-state index is 0.00223. The van der Waals surface area contributed by atoms with Crippen LogP contribution in [0.4, 0.5) is 4.39 Å². The zero-order valence-corrected chi connectivity index (χ0v) is 21.5. The molecule has 0 amide bonds. The van der Waals surface area contributed by atoms with Gasteiger partial charge in [0.1, 0.15) is 5.52 Å². The van der Waals surface area contributed by atoms with Crippen molar-refractivity contribution in [2.24, 2.45) is 0 Å². The van der Waals surface area contributed by atoms with Crippen LogP contribution in [0.2, 0.25) is 0 Å². The second-order valence-corrected chi connectivity index (χ2v) is 11.3. The predicted molar refractivity (Wildman–Crippen MR) is 136 cm³/mol. The summed E-state index contributed by atoms with van der Waals surface area (Å²) in [5.41, 5.74) is 7.58. The summed E-state index contributed by atoms with van der Waals surface area (Å²) >= 11 is 0. The average Bonchev–Trinajstić information content (AvgIpc) is 3.26. The first-order chi connectivity index (χ1) is 17.8. The first-order valence-electron chi connectivity index (χ1n) is 12.3. The molecule has 3 aliphatic heterocycles. The molecule has 0 aliphatic carbocycles. The van der Waals surface area contributed by atoms with E-state index in [-0.39, 0.29) is 24.6 Å². The number of rotatable bonds is 0. The fourth-order valence-electron chi connectivity index (χ4n) is 4.99. The van der Waals surface area contributed by atoms with Crippen molar-refractivity contribution in [3.05, 3.63) is 81.7 Å². The number of aromatic nitrogens is 3. The molecule has 10 heteroatoms. The van der Waals surface area contributed by atoms with Crippen LogP contribution in [0.15, 0.2) is 42.5 Å². The third kappa shape index (κ3) is 4.44. The van der Waals surface area contributed by atoms with Crippen molar-refractivity contribution in [1.82, 2.24) is 19.3 Å². The molecule has 0 fully saturated rings. The van der Waals surface area contributed by atoms with Gasteiger partial charge in [-0.3, -0.25) is 0 Å². The monoisotopic (exact) mass is 522 g/mol. The zero-order valence-electron chi connectivity index (χ0n) is 20.7. The third-order valence-electron chi connectivity index (χ3n) is 7.20. The molecule has 9 bridgehead atoms. The number of hydrogen-bond donors (Lipinski definition) is 0. The fourth-order valence-corrected chi connectivity index (χ4v) is 6.07. The van der Waals surface area contributed by atoms with Gasteiger partial charge in [-0.15, -0.1) is 5.10 Å². The topological polar surface area (TPSA) is 86.5 Å². The van der Waals surface area contributed by atoms with Crippen LogP contribution in [0.3, 0.4) is 0 Å². The van der Waals surface area contributed by atoms with Crippen LogP contribution in [0, 0.1) is 19.7 Å². The summed E-state index contributed by atoms with van der Waals surface area (Å²) in [7, 11) is -4.08. The molecule has 3 aliphatic rings. The number of aryl methyl sites for hydroxylation is 3. The minimum atomic E-state index is -4.08. The molecule has 1 unspecified atom stereocenters. The van der Waals surface area contributed by atoms with Gasteiger partial charge in [0, 0.05) is 31.3 Å². The SMILES string of the molecule is Cc1ccc2cc1CN1Cc3cc(c(F)cc3OS1(=O)=O)OCCCCn1nnc3c(C)c(ccc31)C2. The Morgan fingerprint density at radius 2 is 1.78 bits per heavy atom. The highest BCUT2D eigenvalue weighted by Gasteiger charge is 2.33. The van der Waals surface area contributed by atoms with E-state index < -0.39 is 16.1 Å². The predicted octanol–water partition coefficient (Wildman–Crippen LogP) is 4.59. The summed E-state index contributed by atoms with van der Waals surface area (Å²) in [4.78, 5) is 0.